The van der Waals surface area contributed by atoms with Crippen molar-refractivity contribution in [2.24, 2.45) is 0 Å². The number of alkyl halides is 3. The van der Waals surface area contributed by atoms with Crippen LogP contribution in [0.3, 0.4) is 0 Å². The van der Waals surface area contributed by atoms with Gasteiger partial charge in [-0.15, -0.1) is 0 Å². The van der Waals surface area contributed by atoms with Crippen LogP contribution in [-0.2, 0) is 6.18 Å². The molecule has 1 aromatic rings. The van der Waals surface area contributed by atoms with Gasteiger partial charge in [0.15, 0.2) is 0 Å². The molecule has 1 rings (SSSR count). The summed E-state index contributed by atoms with van der Waals surface area (Å²) in [5.74, 6) is 0. The Hall–Kier alpha value is 0.117. The molecule has 7 heteroatoms. The zero-order valence-corrected chi connectivity index (χ0v) is 7.93. The Balaban J connectivity index is 3.35. The zero-order chi connectivity index (χ0) is 10.2. The van der Waals surface area contributed by atoms with Crippen LogP contribution in [0.2, 0.25) is 10.2 Å². The number of hydrogen-bond donors (Lipinski definition) is 0. The molecule has 1 nitrogen and oxygen atoms in total. The Bertz CT molecular complexity index is 339. The minimum atomic E-state index is -4.44. The molecule has 0 atom stereocenters. The van der Waals surface area contributed by atoms with E-state index in [1.807, 2.05) is 0 Å². The normalized spacial score (nSPS) is 11.9. The third-order valence-electron chi connectivity index (χ3n) is 1.53. The van der Waals surface area contributed by atoms with E-state index in [1.165, 1.54) is 17.7 Å². The summed E-state index contributed by atoms with van der Waals surface area (Å²) in [7, 11) is 0. The Morgan fingerprint density at radius 1 is 1.31 bits per heavy atom. The van der Waals surface area contributed by atoms with Crippen molar-refractivity contribution in [1.29, 1.82) is 0 Å². The first kappa shape index (κ1) is 11.2. The van der Waals surface area contributed by atoms with E-state index in [9.17, 15) is 13.2 Å². The molecule has 0 N–H and O–H groups in total. The first-order valence-corrected chi connectivity index (χ1v) is 3.97. The summed E-state index contributed by atoms with van der Waals surface area (Å²) in [4.78, 5) is 3.32. The maximum atomic E-state index is 12.2. The van der Waals surface area contributed by atoms with Crippen molar-refractivity contribution in [3.63, 3.8) is 0 Å². The topological polar surface area (TPSA) is 12.9 Å². The molecule has 0 bridgehead atoms. The van der Waals surface area contributed by atoms with E-state index in [0.717, 1.165) is 0 Å². The summed E-state index contributed by atoms with van der Waals surface area (Å²) in [5, 5.41) is -0.274. The molecule has 1 heterocycles. The fraction of sp³-hybridized carbons (Fsp3) is 0.167. The van der Waals surface area contributed by atoms with E-state index in [2.05, 4.69) is 4.98 Å². The zero-order valence-electron chi connectivity index (χ0n) is 6.41. The molecule has 0 saturated heterocycles. The molecule has 13 heavy (non-hydrogen) atoms. The van der Waals surface area contributed by atoms with Crippen LogP contribution in [-0.4, -0.2) is 22.7 Å². The van der Waals surface area contributed by atoms with Crippen molar-refractivity contribution in [2.45, 2.75) is 6.18 Å². The summed E-state index contributed by atoms with van der Waals surface area (Å²) in [6.45, 7) is 0. The predicted octanol–water partition coefficient (Wildman–Crippen LogP) is 2.20. The number of rotatable bonds is 0. The molecule has 0 aliphatic rings. The molecule has 1 aromatic heterocycles. The second kappa shape index (κ2) is 3.70. The second-order valence-corrected chi connectivity index (χ2v) is 3.14. The van der Waals surface area contributed by atoms with Gasteiger partial charge in [0, 0.05) is 0 Å². The van der Waals surface area contributed by atoms with Crippen molar-refractivity contribution < 1.29 is 13.2 Å². The SMILES string of the molecule is [Li][c]1c(C(F)(F)F)cnc(Cl)c1Cl. The fourth-order valence-electron chi connectivity index (χ4n) is 0.833. The third-order valence-corrected chi connectivity index (χ3v) is 2.37. The van der Waals surface area contributed by atoms with Crippen molar-refractivity contribution >= 4 is 45.2 Å². The second-order valence-electron chi connectivity index (χ2n) is 2.40. The van der Waals surface area contributed by atoms with Gasteiger partial charge in [-0.3, -0.25) is 0 Å². The van der Waals surface area contributed by atoms with Gasteiger partial charge in [-0.1, -0.05) is 0 Å². The van der Waals surface area contributed by atoms with Gasteiger partial charge in [-0.25, -0.2) is 0 Å². The van der Waals surface area contributed by atoms with Gasteiger partial charge in [0.2, 0.25) is 0 Å². The number of nitrogens with zero attached hydrogens (tertiary/aromatic N) is 1. The number of pyridine rings is 1. The van der Waals surface area contributed by atoms with Crippen molar-refractivity contribution in [3.8, 4) is 0 Å². The molecule has 0 radical (unpaired) electrons. The van der Waals surface area contributed by atoms with Crippen LogP contribution < -0.4 is 4.24 Å². The molecule has 0 aliphatic carbocycles. The van der Waals surface area contributed by atoms with Gasteiger partial charge in [0.1, 0.15) is 0 Å². The Kier molecular flexibility index (Phi) is 3.19. The van der Waals surface area contributed by atoms with Crippen LogP contribution >= 0.6 is 23.2 Å². The molecule has 0 fully saturated rings. The van der Waals surface area contributed by atoms with E-state index >= 15 is 0 Å². The number of hydrogen-bond acceptors (Lipinski definition) is 1. The standard InChI is InChI=1S/C6HCl2F3N.Li/c7-4-1-3(6(9,10)11)2-12-5(4)8;/h2H;. The van der Waals surface area contributed by atoms with Crippen molar-refractivity contribution in [2.75, 3.05) is 0 Å². The summed E-state index contributed by atoms with van der Waals surface area (Å²) in [5.41, 5.74) is -0.859. The molecule has 0 aromatic carbocycles. The third kappa shape index (κ3) is 2.32. The molecule has 0 spiro atoms. The van der Waals surface area contributed by atoms with E-state index < -0.39 is 11.7 Å². The molecule has 0 saturated carbocycles. The van der Waals surface area contributed by atoms with E-state index in [0.29, 0.717) is 6.20 Å². The first-order valence-electron chi connectivity index (χ1n) is 3.22. The summed E-state index contributed by atoms with van der Waals surface area (Å²) < 4.78 is 36.6. The van der Waals surface area contributed by atoms with E-state index in [-0.39, 0.29) is 14.4 Å². The van der Waals surface area contributed by atoms with Gasteiger partial charge in [-0.2, -0.15) is 0 Å². The van der Waals surface area contributed by atoms with Crippen LogP contribution in [0.25, 0.3) is 0 Å². The summed E-state index contributed by atoms with van der Waals surface area (Å²) in [6.07, 6.45) is -3.77. The average molecular weight is 222 g/mol. The molecule has 0 amide bonds. The van der Waals surface area contributed by atoms with Crippen LogP contribution in [0.4, 0.5) is 13.2 Å². The minimum absolute atomic E-state index is 0.103. The number of halogens is 5. The maximum absolute atomic E-state index is 12.2. The summed E-state index contributed by atoms with van der Waals surface area (Å²) in [6, 6.07) is 0. The van der Waals surface area contributed by atoms with Gasteiger partial charge in [0.25, 0.3) is 0 Å². The summed E-state index contributed by atoms with van der Waals surface area (Å²) >= 11 is 12.2. The van der Waals surface area contributed by atoms with Gasteiger partial charge >= 0.3 is 91.4 Å². The molecule has 0 aliphatic heterocycles. The van der Waals surface area contributed by atoms with E-state index in [1.54, 1.807) is 0 Å². The molecular weight excluding hydrogens is 221 g/mol. The number of aromatic nitrogens is 1. The Labute approximate surface area is 91.4 Å². The predicted molar refractivity (Wildman–Crippen MR) is 44.6 cm³/mol. The van der Waals surface area contributed by atoms with Gasteiger partial charge < -0.3 is 0 Å². The fourth-order valence-corrected chi connectivity index (χ4v) is 1.17. The van der Waals surface area contributed by atoms with Gasteiger partial charge in [0.05, 0.1) is 0 Å². The van der Waals surface area contributed by atoms with Gasteiger partial charge in [-0.05, 0) is 0 Å². The van der Waals surface area contributed by atoms with Crippen LogP contribution in [0, 0.1) is 0 Å². The Morgan fingerprint density at radius 3 is 2.31 bits per heavy atom. The Morgan fingerprint density at radius 2 is 1.85 bits per heavy atom. The quantitative estimate of drug-likeness (QED) is 0.484. The first-order chi connectivity index (χ1) is 5.84. The molecular formula is C6HCl2F3LiN. The van der Waals surface area contributed by atoms with Crippen molar-refractivity contribution in [1.82, 2.24) is 4.98 Å². The van der Waals surface area contributed by atoms with Crippen molar-refractivity contribution in [3.05, 3.63) is 21.9 Å². The van der Waals surface area contributed by atoms with Crippen LogP contribution in [0.1, 0.15) is 5.56 Å². The molecule has 0 unspecified atom stereocenters. The van der Waals surface area contributed by atoms with Crippen LogP contribution in [0.5, 0.6) is 0 Å². The van der Waals surface area contributed by atoms with E-state index in [4.69, 9.17) is 23.2 Å². The molecule has 66 valence electrons. The van der Waals surface area contributed by atoms with Crippen LogP contribution in [0.15, 0.2) is 6.20 Å². The average Bonchev–Trinajstić information content (AvgIpc) is 1.98. The monoisotopic (exact) mass is 221 g/mol.